The Morgan fingerprint density at radius 3 is 2.26 bits per heavy atom. The summed E-state index contributed by atoms with van der Waals surface area (Å²) in [6, 6.07) is 10.3. The molecule has 27 heavy (non-hydrogen) atoms. The van der Waals surface area contributed by atoms with Crippen molar-refractivity contribution in [3.63, 3.8) is 0 Å². The van der Waals surface area contributed by atoms with Crippen LogP contribution in [-0.2, 0) is 25.7 Å². The molecule has 7 heteroatoms. The van der Waals surface area contributed by atoms with Crippen LogP contribution >= 0.6 is 0 Å². The lowest BCUT2D eigenvalue weighted by molar-refractivity contribution is -0.222. The molecule has 1 heterocycles. The predicted octanol–water partition coefficient (Wildman–Crippen LogP) is 3.76. The van der Waals surface area contributed by atoms with Crippen LogP contribution in [0.3, 0.4) is 0 Å². The minimum absolute atomic E-state index is 0.0233. The van der Waals surface area contributed by atoms with Crippen molar-refractivity contribution < 1.29 is 32.6 Å². The zero-order valence-electron chi connectivity index (χ0n) is 14.6. The number of hydrogen-bond acceptors (Lipinski definition) is 5. The molecule has 1 aliphatic rings. The van der Waals surface area contributed by atoms with E-state index in [4.69, 9.17) is 14.2 Å². The lowest BCUT2D eigenvalue weighted by Crippen LogP contribution is -2.41. The van der Waals surface area contributed by atoms with E-state index in [1.807, 2.05) is 0 Å². The summed E-state index contributed by atoms with van der Waals surface area (Å²) in [4.78, 5) is 23.9. The third-order valence-electron chi connectivity index (χ3n) is 3.72. The van der Waals surface area contributed by atoms with E-state index >= 15 is 0 Å². The van der Waals surface area contributed by atoms with Gasteiger partial charge in [-0.15, -0.1) is 0 Å². The standard InChI is InChI=1S/C20H16F2O5/c1-20(2)26-18(23)14(19(24)27-20)10-12-6-8-13(9-7-12)11-25-16-5-3-4-15(21)17(16)22/h3-10H,11H2,1-2H3. The number of ether oxygens (including phenoxy) is 3. The molecular formula is C20H16F2O5. The molecule has 0 spiro atoms. The lowest BCUT2D eigenvalue weighted by atomic mass is 10.1. The number of cyclic esters (lactones) is 2. The Balaban J connectivity index is 1.69. The highest BCUT2D eigenvalue weighted by Crippen LogP contribution is 2.24. The largest absolute Gasteiger partial charge is 0.486 e. The van der Waals surface area contributed by atoms with E-state index in [0.29, 0.717) is 11.1 Å². The summed E-state index contributed by atoms with van der Waals surface area (Å²) in [6.45, 7) is 2.96. The topological polar surface area (TPSA) is 61.8 Å². The third-order valence-corrected chi connectivity index (χ3v) is 3.72. The summed E-state index contributed by atoms with van der Waals surface area (Å²) in [5.41, 5.74) is 1.05. The van der Waals surface area contributed by atoms with Crippen LogP contribution in [0.4, 0.5) is 8.78 Å². The highest BCUT2D eigenvalue weighted by molar-refractivity contribution is 6.18. The molecule has 0 bridgehead atoms. The Labute approximate surface area is 154 Å². The molecule has 0 atom stereocenters. The fourth-order valence-corrected chi connectivity index (χ4v) is 2.41. The number of halogens is 2. The van der Waals surface area contributed by atoms with Gasteiger partial charge in [-0.3, -0.25) is 0 Å². The quantitative estimate of drug-likeness (QED) is 0.463. The van der Waals surface area contributed by atoms with Crippen molar-refractivity contribution in [3.05, 3.63) is 70.8 Å². The van der Waals surface area contributed by atoms with Crippen molar-refractivity contribution in [2.45, 2.75) is 26.2 Å². The van der Waals surface area contributed by atoms with Crippen molar-refractivity contribution in [1.29, 1.82) is 0 Å². The van der Waals surface area contributed by atoms with Crippen LogP contribution in [0.5, 0.6) is 5.75 Å². The van der Waals surface area contributed by atoms with E-state index in [2.05, 4.69) is 0 Å². The molecule has 0 N–H and O–H groups in total. The molecular weight excluding hydrogens is 358 g/mol. The van der Waals surface area contributed by atoms with Crippen molar-refractivity contribution >= 4 is 18.0 Å². The first-order valence-corrected chi connectivity index (χ1v) is 8.09. The summed E-state index contributed by atoms with van der Waals surface area (Å²) >= 11 is 0. The van der Waals surface area contributed by atoms with Crippen LogP contribution in [-0.4, -0.2) is 17.7 Å². The Morgan fingerprint density at radius 2 is 1.63 bits per heavy atom. The average molecular weight is 374 g/mol. The Hall–Kier alpha value is -3.22. The molecule has 2 aromatic rings. The normalized spacial score (nSPS) is 15.8. The van der Waals surface area contributed by atoms with Gasteiger partial charge >= 0.3 is 11.9 Å². The molecule has 0 aliphatic carbocycles. The number of rotatable bonds is 4. The zero-order chi connectivity index (χ0) is 19.6. The van der Waals surface area contributed by atoms with E-state index in [1.54, 1.807) is 24.3 Å². The van der Waals surface area contributed by atoms with Crippen LogP contribution in [0.1, 0.15) is 25.0 Å². The minimum Gasteiger partial charge on any atom is -0.486 e. The highest BCUT2D eigenvalue weighted by Gasteiger charge is 2.38. The predicted molar refractivity (Wildman–Crippen MR) is 91.4 cm³/mol. The van der Waals surface area contributed by atoms with Crippen LogP contribution in [0.25, 0.3) is 6.08 Å². The van der Waals surface area contributed by atoms with Crippen molar-refractivity contribution in [3.8, 4) is 5.75 Å². The maximum Gasteiger partial charge on any atom is 0.348 e. The fourth-order valence-electron chi connectivity index (χ4n) is 2.41. The SMILES string of the molecule is CC1(C)OC(=O)C(=Cc2ccc(COc3cccc(F)c3F)cc2)C(=O)O1. The second-order valence-corrected chi connectivity index (χ2v) is 6.32. The van der Waals surface area contributed by atoms with Crippen LogP contribution < -0.4 is 4.74 Å². The van der Waals surface area contributed by atoms with Crippen molar-refractivity contribution in [1.82, 2.24) is 0 Å². The molecule has 0 saturated carbocycles. The summed E-state index contributed by atoms with van der Waals surface area (Å²) in [6.07, 6.45) is 1.36. The first-order valence-electron chi connectivity index (χ1n) is 8.09. The van der Waals surface area contributed by atoms with Crippen LogP contribution in [0.2, 0.25) is 0 Å². The molecule has 2 aromatic carbocycles. The molecule has 1 fully saturated rings. The summed E-state index contributed by atoms with van der Waals surface area (Å²) in [7, 11) is 0. The average Bonchev–Trinajstić information content (AvgIpc) is 2.60. The van der Waals surface area contributed by atoms with Crippen LogP contribution in [0, 0.1) is 11.6 Å². The Kier molecular flexibility index (Phi) is 4.94. The second kappa shape index (κ2) is 7.19. The molecule has 0 radical (unpaired) electrons. The zero-order valence-corrected chi connectivity index (χ0v) is 14.6. The second-order valence-electron chi connectivity index (χ2n) is 6.32. The van der Waals surface area contributed by atoms with Gasteiger partial charge < -0.3 is 14.2 Å². The van der Waals surface area contributed by atoms with Gasteiger partial charge in [0.15, 0.2) is 11.6 Å². The number of benzene rings is 2. The van der Waals surface area contributed by atoms with Gasteiger partial charge in [-0.05, 0) is 29.3 Å². The maximum absolute atomic E-state index is 13.6. The van der Waals surface area contributed by atoms with Gasteiger partial charge in [-0.2, -0.15) is 4.39 Å². The van der Waals surface area contributed by atoms with E-state index in [0.717, 1.165) is 6.07 Å². The molecule has 0 unspecified atom stereocenters. The van der Waals surface area contributed by atoms with Crippen molar-refractivity contribution in [2.75, 3.05) is 0 Å². The lowest BCUT2D eigenvalue weighted by Gasteiger charge is -2.29. The summed E-state index contributed by atoms with van der Waals surface area (Å²) in [5, 5.41) is 0. The first-order chi connectivity index (χ1) is 12.7. The number of carbonyl (C=O) groups is 2. The fraction of sp³-hybridized carbons (Fsp3) is 0.200. The summed E-state index contributed by atoms with van der Waals surface area (Å²) in [5.74, 6) is -5.02. The molecule has 5 nitrogen and oxygen atoms in total. The third kappa shape index (κ3) is 4.31. The smallest absolute Gasteiger partial charge is 0.348 e. The molecule has 1 saturated heterocycles. The molecule has 1 aliphatic heterocycles. The maximum atomic E-state index is 13.6. The first kappa shape index (κ1) is 18.6. The van der Waals surface area contributed by atoms with Crippen molar-refractivity contribution in [2.24, 2.45) is 0 Å². The monoisotopic (exact) mass is 374 g/mol. The van der Waals surface area contributed by atoms with Crippen LogP contribution in [0.15, 0.2) is 48.0 Å². The number of carbonyl (C=O) groups excluding carboxylic acids is 2. The van der Waals surface area contributed by atoms with Gasteiger partial charge in [-0.25, -0.2) is 14.0 Å². The number of esters is 2. The van der Waals surface area contributed by atoms with E-state index in [1.165, 1.54) is 32.1 Å². The van der Waals surface area contributed by atoms with Gasteiger partial charge in [0.25, 0.3) is 5.79 Å². The van der Waals surface area contributed by atoms with Gasteiger partial charge in [0, 0.05) is 13.8 Å². The van der Waals surface area contributed by atoms with Gasteiger partial charge in [0.05, 0.1) is 0 Å². The van der Waals surface area contributed by atoms with E-state index in [9.17, 15) is 18.4 Å². The summed E-state index contributed by atoms with van der Waals surface area (Å²) < 4.78 is 42.0. The van der Waals surface area contributed by atoms with Gasteiger partial charge in [0.1, 0.15) is 12.2 Å². The van der Waals surface area contributed by atoms with E-state index < -0.39 is 29.4 Å². The molecule has 140 valence electrons. The molecule has 0 amide bonds. The number of hydrogen-bond donors (Lipinski definition) is 0. The van der Waals surface area contributed by atoms with Gasteiger partial charge in [0.2, 0.25) is 5.82 Å². The minimum atomic E-state index is -1.29. The molecule has 0 aromatic heterocycles. The Morgan fingerprint density at radius 1 is 1.00 bits per heavy atom. The molecule has 3 rings (SSSR count). The van der Waals surface area contributed by atoms with Gasteiger partial charge in [-0.1, -0.05) is 30.3 Å². The van der Waals surface area contributed by atoms with E-state index in [-0.39, 0.29) is 17.9 Å². The highest BCUT2D eigenvalue weighted by atomic mass is 19.2. The Bertz CT molecular complexity index is 894.